The van der Waals surface area contributed by atoms with E-state index in [1.54, 1.807) is 13.4 Å². The normalized spacial score (nSPS) is 25.2. The molecular weight excluding hydrogens is 324 g/mol. The highest BCUT2D eigenvalue weighted by atomic mass is 16.5. The molecule has 1 aromatic heterocycles. The van der Waals surface area contributed by atoms with Crippen molar-refractivity contribution in [2.45, 2.75) is 44.7 Å². The molecule has 4 nitrogen and oxygen atoms in total. The van der Waals surface area contributed by atoms with E-state index in [4.69, 9.17) is 9.15 Å². The summed E-state index contributed by atoms with van der Waals surface area (Å²) in [6.07, 6.45) is 3.95. The van der Waals surface area contributed by atoms with Crippen molar-refractivity contribution in [3.8, 4) is 5.75 Å². The van der Waals surface area contributed by atoms with E-state index < -0.39 is 0 Å². The molecule has 0 amide bonds. The maximum absolute atomic E-state index is 5.75. The van der Waals surface area contributed by atoms with Crippen LogP contribution in [0, 0.1) is 5.92 Å². The lowest BCUT2D eigenvalue weighted by molar-refractivity contribution is 0.121. The number of furan rings is 1. The number of para-hydroxylation sites is 1. The SMILES string of the molecule is COc1ccccc1[C@@H](CCN[C@H]1C[C@@H](C)N(C)C[C@@H]1C)c1ccco1. The van der Waals surface area contributed by atoms with Gasteiger partial charge in [0, 0.05) is 30.1 Å². The molecule has 3 rings (SSSR count). The molecule has 1 N–H and O–H groups in total. The molecular formula is C22H32N2O2. The van der Waals surface area contributed by atoms with E-state index >= 15 is 0 Å². The molecule has 1 aromatic carbocycles. The van der Waals surface area contributed by atoms with E-state index in [1.165, 1.54) is 12.0 Å². The van der Waals surface area contributed by atoms with E-state index in [2.05, 4.69) is 49.3 Å². The van der Waals surface area contributed by atoms with E-state index in [9.17, 15) is 0 Å². The Bertz CT molecular complexity index is 671. The number of methoxy groups -OCH3 is 1. The molecule has 0 saturated carbocycles. The van der Waals surface area contributed by atoms with Gasteiger partial charge in [0.15, 0.2) is 0 Å². The van der Waals surface area contributed by atoms with Crippen molar-refractivity contribution < 1.29 is 9.15 Å². The van der Waals surface area contributed by atoms with Crippen LogP contribution in [0.15, 0.2) is 47.1 Å². The van der Waals surface area contributed by atoms with Crippen LogP contribution in [0.4, 0.5) is 0 Å². The van der Waals surface area contributed by atoms with Crippen LogP contribution in [-0.2, 0) is 0 Å². The summed E-state index contributed by atoms with van der Waals surface area (Å²) in [5.41, 5.74) is 1.19. The Morgan fingerprint density at radius 1 is 1.23 bits per heavy atom. The number of ether oxygens (including phenoxy) is 1. The third-order valence-corrected chi connectivity index (χ3v) is 5.85. The Morgan fingerprint density at radius 3 is 2.77 bits per heavy atom. The maximum atomic E-state index is 5.75. The Hall–Kier alpha value is -1.78. The molecule has 0 unspecified atom stereocenters. The number of nitrogens with zero attached hydrogens (tertiary/aromatic N) is 1. The quantitative estimate of drug-likeness (QED) is 0.809. The summed E-state index contributed by atoms with van der Waals surface area (Å²) < 4.78 is 11.4. The zero-order chi connectivity index (χ0) is 18.5. The fourth-order valence-corrected chi connectivity index (χ4v) is 4.13. The number of piperidine rings is 1. The molecule has 1 saturated heterocycles. The lowest BCUT2D eigenvalue weighted by atomic mass is 9.88. The topological polar surface area (TPSA) is 37.6 Å². The minimum absolute atomic E-state index is 0.202. The van der Waals surface area contributed by atoms with Crippen LogP contribution in [0.5, 0.6) is 5.75 Å². The average molecular weight is 357 g/mol. The van der Waals surface area contributed by atoms with E-state index in [1.807, 2.05) is 18.2 Å². The van der Waals surface area contributed by atoms with Crippen LogP contribution in [0.25, 0.3) is 0 Å². The van der Waals surface area contributed by atoms with E-state index in [-0.39, 0.29) is 5.92 Å². The van der Waals surface area contributed by atoms with Gasteiger partial charge in [0.25, 0.3) is 0 Å². The summed E-state index contributed by atoms with van der Waals surface area (Å²) >= 11 is 0. The molecule has 0 spiro atoms. The highest BCUT2D eigenvalue weighted by Gasteiger charge is 2.29. The van der Waals surface area contributed by atoms with Gasteiger partial charge in [-0.2, -0.15) is 0 Å². The largest absolute Gasteiger partial charge is 0.496 e. The Kier molecular flexibility index (Phi) is 6.38. The third-order valence-electron chi connectivity index (χ3n) is 5.85. The monoisotopic (exact) mass is 356 g/mol. The van der Waals surface area contributed by atoms with Crippen LogP contribution in [-0.4, -0.2) is 44.2 Å². The molecule has 0 bridgehead atoms. The first-order valence-electron chi connectivity index (χ1n) is 9.70. The third kappa shape index (κ3) is 4.30. The second-order valence-electron chi connectivity index (χ2n) is 7.66. The van der Waals surface area contributed by atoms with Gasteiger partial charge in [-0.25, -0.2) is 0 Å². The first-order chi connectivity index (χ1) is 12.6. The van der Waals surface area contributed by atoms with Crippen LogP contribution in [0.3, 0.4) is 0 Å². The van der Waals surface area contributed by atoms with Gasteiger partial charge < -0.3 is 19.4 Å². The smallest absolute Gasteiger partial charge is 0.122 e. The fraction of sp³-hybridized carbons (Fsp3) is 0.545. The van der Waals surface area contributed by atoms with Gasteiger partial charge in [-0.3, -0.25) is 0 Å². The summed E-state index contributed by atoms with van der Waals surface area (Å²) in [6, 6.07) is 13.5. The summed E-state index contributed by atoms with van der Waals surface area (Å²) in [6.45, 7) is 6.80. The molecule has 1 fully saturated rings. The number of hydrogen-bond acceptors (Lipinski definition) is 4. The average Bonchev–Trinajstić information content (AvgIpc) is 3.17. The molecule has 142 valence electrons. The predicted octanol–water partition coefficient (Wildman–Crippen LogP) is 4.13. The Labute approximate surface area is 157 Å². The van der Waals surface area contributed by atoms with Gasteiger partial charge >= 0.3 is 0 Å². The van der Waals surface area contributed by atoms with Gasteiger partial charge in [0.1, 0.15) is 11.5 Å². The molecule has 2 heterocycles. The lowest BCUT2D eigenvalue weighted by Gasteiger charge is -2.40. The van der Waals surface area contributed by atoms with Crippen LogP contribution < -0.4 is 10.1 Å². The minimum atomic E-state index is 0.202. The van der Waals surface area contributed by atoms with Gasteiger partial charge in [0.05, 0.1) is 13.4 Å². The van der Waals surface area contributed by atoms with Crippen molar-refractivity contribution in [2.24, 2.45) is 5.92 Å². The van der Waals surface area contributed by atoms with Crippen molar-refractivity contribution in [3.05, 3.63) is 54.0 Å². The van der Waals surface area contributed by atoms with Gasteiger partial charge in [0.2, 0.25) is 0 Å². The highest BCUT2D eigenvalue weighted by Crippen LogP contribution is 2.34. The highest BCUT2D eigenvalue weighted by molar-refractivity contribution is 5.39. The van der Waals surface area contributed by atoms with Crippen molar-refractivity contribution in [3.63, 3.8) is 0 Å². The van der Waals surface area contributed by atoms with Crippen molar-refractivity contribution in [1.82, 2.24) is 10.2 Å². The van der Waals surface area contributed by atoms with Gasteiger partial charge in [-0.05, 0) is 57.5 Å². The number of nitrogens with one attached hydrogen (secondary N) is 1. The molecule has 26 heavy (non-hydrogen) atoms. The second-order valence-corrected chi connectivity index (χ2v) is 7.66. The zero-order valence-corrected chi connectivity index (χ0v) is 16.4. The number of rotatable bonds is 7. The van der Waals surface area contributed by atoms with Crippen LogP contribution >= 0.6 is 0 Å². The lowest BCUT2D eigenvalue weighted by Crippen LogP contribution is -2.51. The van der Waals surface area contributed by atoms with Gasteiger partial charge in [-0.1, -0.05) is 25.1 Å². The summed E-state index contributed by atoms with van der Waals surface area (Å²) in [5, 5.41) is 3.81. The molecule has 1 aliphatic rings. The maximum Gasteiger partial charge on any atom is 0.122 e. The van der Waals surface area contributed by atoms with Crippen molar-refractivity contribution >= 4 is 0 Å². The molecule has 0 radical (unpaired) electrons. The number of likely N-dealkylation sites (tertiary alicyclic amines) is 1. The summed E-state index contributed by atoms with van der Waals surface area (Å²) in [5.74, 6) is 2.80. The van der Waals surface area contributed by atoms with Crippen molar-refractivity contribution in [2.75, 3.05) is 27.2 Å². The van der Waals surface area contributed by atoms with Crippen LogP contribution in [0.1, 0.15) is 43.9 Å². The zero-order valence-electron chi connectivity index (χ0n) is 16.4. The standard InChI is InChI=1S/C22H32N2O2/c1-16-15-24(3)17(2)14-20(16)23-12-11-19(22-10-7-13-26-22)18-8-5-6-9-21(18)25-4/h5-10,13,16-17,19-20,23H,11-12,14-15H2,1-4H3/t16-,17+,19+,20-/m0/s1. The fourth-order valence-electron chi connectivity index (χ4n) is 4.13. The summed E-state index contributed by atoms with van der Waals surface area (Å²) in [4.78, 5) is 2.46. The summed E-state index contributed by atoms with van der Waals surface area (Å²) in [7, 11) is 3.96. The minimum Gasteiger partial charge on any atom is -0.496 e. The molecule has 1 aliphatic heterocycles. The van der Waals surface area contributed by atoms with E-state index in [0.717, 1.165) is 31.0 Å². The Morgan fingerprint density at radius 2 is 2.04 bits per heavy atom. The first kappa shape index (κ1) is 19.0. The second kappa shape index (κ2) is 8.74. The van der Waals surface area contributed by atoms with E-state index in [0.29, 0.717) is 18.0 Å². The van der Waals surface area contributed by atoms with Crippen molar-refractivity contribution in [1.29, 1.82) is 0 Å². The van der Waals surface area contributed by atoms with Crippen LogP contribution in [0.2, 0.25) is 0 Å². The molecule has 2 aromatic rings. The number of benzene rings is 1. The Balaban J connectivity index is 1.68. The van der Waals surface area contributed by atoms with Gasteiger partial charge in [-0.15, -0.1) is 0 Å². The molecule has 4 heteroatoms. The molecule has 0 aliphatic carbocycles. The first-order valence-corrected chi connectivity index (χ1v) is 9.70. The predicted molar refractivity (Wildman–Crippen MR) is 106 cm³/mol. The molecule has 4 atom stereocenters. The number of hydrogen-bond donors (Lipinski definition) is 1.